The zero-order valence-electron chi connectivity index (χ0n) is 19.9. The molecule has 36 heavy (non-hydrogen) atoms. The van der Waals surface area contributed by atoms with Crippen molar-refractivity contribution in [1.82, 2.24) is 10.2 Å². The van der Waals surface area contributed by atoms with Crippen LogP contribution < -0.4 is 25.8 Å². The molecule has 0 saturated carbocycles. The summed E-state index contributed by atoms with van der Waals surface area (Å²) >= 11 is 0. The molecule has 0 radical (unpaired) electrons. The molecular weight excluding hydrogens is 454 g/mol. The number of aromatic nitrogens is 2. The van der Waals surface area contributed by atoms with E-state index in [4.69, 9.17) is 25.4 Å². The van der Waals surface area contributed by atoms with Crippen molar-refractivity contribution in [1.29, 1.82) is 0 Å². The highest BCUT2D eigenvalue weighted by Crippen LogP contribution is 2.38. The van der Waals surface area contributed by atoms with Crippen LogP contribution in [0.5, 0.6) is 23.0 Å². The van der Waals surface area contributed by atoms with E-state index in [1.807, 2.05) is 49.3 Å². The predicted molar refractivity (Wildman–Crippen MR) is 141 cm³/mol. The van der Waals surface area contributed by atoms with Gasteiger partial charge >= 0.3 is 0 Å². The van der Waals surface area contributed by atoms with Gasteiger partial charge in [0.15, 0.2) is 0 Å². The third-order valence-electron chi connectivity index (χ3n) is 5.46. The Labute approximate surface area is 208 Å². The number of hydrogen-bond acceptors (Lipinski definition) is 8. The Kier molecular flexibility index (Phi) is 6.15. The van der Waals surface area contributed by atoms with Gasteiger partial charge in [0.1, 0.15) is 23.0 Å². The SMILES string of the molecule is CN(C)c1ccc(-c2nnc(-c3cc(Oc4ccc(N)cc4)ccc3Oc3ccc(N)cc3)o2)cc1. The number of nitrogens with zero attached hydrogens (tertiary/aromatic N) is 3. The highest BCUT2D eigenvalue weighted by atomic mass is 16.5. The van der Waals surface area contributed by atoms with Crippen molar-refractivity contribution in [3.63, 3.8) is 0 Å². The van der Waals surface area contributed by atoms with Crippen molar-refractivity contribution in [2.24, 2.45) is 0 Å². The summed E-state index contributed by atoms with van der Waals surface area (Å²) in [7, 11) is 3.98. The molecule has 4 aromatic carbocycles. The van der Waals surface area contributed by atoms with E-state index in [0.717, 1.165) is 11.3 Å². The molecule has 180 valence electrons. The molecule has 0 fully saturated rings. The van der Waals surface area contributed by atoms with Gasteiger partial charge in [-0.15, -0.1) is 10.2 Å². The summed E-state index contributed by atoms with van der Waals surface area (Å²) in [6.45, 7) is 0. The van der Waals surface area contributed by atoms with Crippen LogP contribution in [0.25, 0.3) is 22.9 Å². The number of hydrogen-bond donors (Lipinski definition) is 2. The normalized spacial score (nSPS) is 10.7. The molecule has 0 amide bonds. The third kappa shape index (κ3) is 5.07. The van der Waals surface area contributed by atoms with Gasteiger partial charge in [-0.3, -0.25) is 0 Å². The summed E-state index contributed by atoms with van der Waals surface area (Å²) in [5.41, 5.74) is 15.4. The minimum atomic E-state index is 0.301. The van der Waals surface area contributed by atoms with Crippen LogP contribution in [-0.4, -0.2) is 24.3 Å². The average Bonchev–Trinajstić information content (AvgIpc) is 3.38. The predicted octanol–water partition coefficient (Wildman–Crippen LogP) is 6.22. The lowest BCUT2D eigenvalue weighted by molar-refractivity contribution is 0.468. The molecule has 0 saturated heterocycles. The van der Waals surface area contributed by atoms with Crippen LogP contribution in [0.1, 0.15) is 0 Å². The van der Waals surface area contributed by atoms with Gasteiger partial charge in [-0.05, 0) is 91.0 Å². The number of anilines is 3. The molecule has 0 unspecified atom stereocenters. The summed E-state index contributed by atoms with van der Waals surface area (Å²) in [5, 5.41) is 8.56. The second-order valence-electron chi connectivity index (χ2n) is 8.35. The highest BCUT2D eigenvalue weighted by Gasteiger charge is 2.18. The van der Waals surface area contributed by atoms with Crippen molar-refractivity contribution in [3.8, 4) is 45.9 Å². The number of nitrogens with two attached hydrogens (primary N) is 2. The molecule has 5 aromatic rings. The number of nitrogen functional groups attached to an aromatic ring is 2. The zero-order valence-corrected chi connectivity index (χ0v) is 19.9. The maximum absolute atomic E-state index is 6.14. The fourth-order valence-corrected chi connectivity index (χ4v) is 3.51. The second-order valence-corrected chi connectivity index (χ2v) is 8.35. The highest BCUT2D eigenvalue weighted by molar-refractivity contribution is 5.68. The maximum Gasteiger partial charge on any atom is 0.252 e. The summed E-state index contributed by atoms with van der Waals surface area (Å²) in [5.74, 6) is 3.08. The number of ether oxygens (including phenoxy) is 2. The van der Waals surface area contributed by atoms with Crippen LogP contribution in [0.4, 0.5) is 17.1 Å². The summed E-state index contributed by atoms with van der Waals surface area (Å²) < 4.78 is 18.2. The second kappa shape index (κ2) is 9.71. The van der Waals surface area contributed by atoms with Crippen molar-refractivity contribution in [3.05, 3.63) is 91.0 Å². The van der Waals surface area contributed by atoms with E-state index >= 15 is 0 Å². The average molecular weight is 480 g/mol. The van der Waals surface area contributed by atoms with E-state index in [9.17, 15) is 0 Å². The summed E-state index contributed by atoms with van der Waals surface area (Å²) in [4.78, 5) is 2.02. The van der Waals surface area contributed by atoms with Crippen molar-refractivity contribution < 1.29 is 13.9 Å². The molecule has 0 atom stereocenters. The molecule has 0 spiro atoms. The van der Waals surface area contributed by atoms with Gasteiger partial charge in [0.25, 0.3) is 5.89 Å². The standard InChI is InChI=1S/C28H25N5O3/c1-33(2)21-9-3-18(4-10-21)27-31-32-28(36-27)25-17-24(34-22-11-5-19(29)6-12-22)15-16-26(25)35-23-13-7-20(30)8-14-23/h3-17H,29-30H2,1-2H3. The molecule has 5 rings (SSSR count). The van der Waals surface area contributed by atoms with Gasteiger partial charge in [0.05, 0.1) is 5.56 Å². The maximum atomic E-state index is 6.14. The number of benzene rings is 4. The van der Waals surface area contributed by atoms with E-state index < -0.39 is 0 Å². The van der Waals surface area contributed by atoms with Crippen molar-refractivity contribution >= 4 is 17.1 Å². The Morgan fingerprint density at radius 2 is 1.19 bits per heavy atom. The molecule has 0 aliphatic carbocycles. The molecule has 0 aliphatic rings. The Hall–Kier alpha value is -4.98. The van der Waals surface area contributed by atoms with Gasteiger partial charge in [-0.2, -0.15) is 0 Å². The minimum Gasteiger partial charge on any atom is -0.457 e. The largest absolute Gasteiger partial charge is 0.457 e. The molecular formula is C28H25N5O3. The van der Waals surface area contributed by atoms with Crippen molar-refractivity contribution in [2.75, 3.05) is 30.5 Å². The molecule has 8 heteroatoms. The molecule has 0 bridgehead atoms. The Morgan fingerprint density at radius 3 is 1.81 bits per heavy atom. The smallest absolute Gasteiger partial charge is 0.252 e. The van der Waals surface area contributed by atoms with Gasteiger partial charge in [-0.1, -0.05) is 0 Å². The van der Waals surface area contributed by atoms with Crippen LogP contribution in [0, 0.1) is 0 Å². The van der Waals surface area contributed by atoms with Gasteiger partial charge in [-0.25, -0.2) is 0 Å². The lowest BCUT2D eigenvalue weighted by atomic mass is 10.2. The van der Waals surface area contributed by atoms with Crippen LogP contribution in [0.15, 0.2) is 95.4 Å². The lowest BCUT2D eigenvalue weighted by Crippen LogP contribution is -2.07. The fourth-order valence-electron chi connectivity index (χ4n) is 3.51. The van der Waals surface area contributed by atoms with Gasteiger partial charge < -0.3 is 30.3 Å². The molecule has 0 aliphatic heterocycles. The first-order valence-electron chi connectivity index (χ1n) is 11.3. The summed E-state index contributed by atoms with van der Waals surface area (Å²) in [6.07, 6.45) is 0. The Balaban J connectivity index is 1.50. The Bertz CT molecular complexity index is 1460. The Morgan fingerprint density at radius 1 is 0.639 bits per heavy atom. The first-order chi connectivity index (χ1) is 17.4. The molecule has 1 aromatic heterocycles. The van der Waals surface area contributed by atoms with E-state index in [2.05, 4.69) is 10.2 Å². The monoisotopic (exact) mass is 479 g/mol. The molecule has 8 nitrogen and oxygen atoms in total. The van der Waals surface area contributed by atoms with Crippen LogP contribution in [-0.2, 0) is 0 Å². The van der Waals surface area contributed by atoms with E-state index in [-0.39, 0.29) is 0 Å². The first-order valence-corrected chi connectivity index (χ1v) is 11.3. The van der Waals surface area contributed by atoms with Gasteiger partial charge in [0, 0.05) is 36.7 Å². The van der Waals surface area contributed by atoms with Crippen LogP contribution >= 0.6 is 0 Å². The summed E-state index contributed by atoms with van der Waals surface area (Å²) in [6, 6.07) is 27.6. The van der Waals surface area contributed by atoms with Crippen LogP contribution in [0.2, 0.25) is 0 Å². The third-order valence-corrected chi connectivity index (χ3v) is 5.46. The van der Waals surface area contributed by atoms with E-state index in [1.54, 1.807) is 60.7 Å². The van der Waals surface area contributed by atoms with E-state index in [0.29, 0.717) is 51.7 Å². The van der Waals surface area contributed by atoms with Gasteiger partial charge in [0.2, 0.25) is 5.89 Å². The van der Waals surface area contributed by atoms with Crippen LogP contribution in [0.3, 0.4) is 0 Å². The quantitative estimate of drug-likeness (QED) is 0.265. The fraction of sp³-hybridized carbons (Fsp3) is 0.0714. The van der Waals surface area contributed by atoms with E-state index in [1.165, 1.54) is 0 Å². The zero-order chi connectivity index (χ0) is 25.1. The minimum absolute atomic E-state index is 0.301. The lowest BCUT2D eigenvalue weighted by Gasteiger charge is -2.12. The topological polar surface area (TPSA) is 113 Å². The molecule has 4 N–H and O–H groups in total. The van der Waals surface area contributed by atoms with Crippen molar-refractivity contribution in [2.45, 2.75) is 0 Å². The first kappa shape index (κ1) is 22.8. The number of rotatable bonds is 7. The molecule has 1 heterocycles.